The van der Waals surface area contributed by atoms with Crippen molar-refractivity contribution in [3.05, 3.63) is 208 Å². The summed E-state index contributed by atoms with van der Waals surface area (Å²) in [7, 11) is 0. The lowest BCUT2D eigenvalue weighted by atomic mass is 9.77. The summed E-state index contributed by atoms with van der Waals surface area (Å²) in [6.07, 6.45) is -2.95. The smallest absolute Gasteiger partial charge is 0.360 e. The molecule has 1 unspecified atom stereocenters. The highest BCUT2D eigenvalue weighted by atomic mass is 32.1. The number of hydrogen-bond donors (Lipinski definition) is 2. The lowest BCUT2D eigenvalue weighted by Crippen LogP contribution is -2.38. The highest BCUT2D eigenvalue weighted by molar-refractivity contribution is 7.14. The molecule has 0 aliphatic heterocycles. The Kier molecular flexibility index (Phi) is 14.4. The van der Waals surface area contributed by atoms with E-state index in [1.807, 2.05) is 91.0 Å². The molecule has 0 spiro atoms. The summed E-state index contributed by atoms with van der Waals surface area (Å²) in [5.41, 5.74) is 1.77. The van der Waals surface area contributed by atoms with Gasteiger partial charge in [0, 0.05) is 31.7 Å². The lowest BCUT2D eigenvalue weighted by molar-refractivity contribution is -0.162. The normalized spacial score (nSPS) is 11.8. The average Bonchev–Trinajstić information content (AvgIpc) is 3.78. The van der Waals surface area contributed by atoms with Crippen molar-refractivity contribution in [2.45, 2.75) is 38.5 Å². The number of carboxylic acid groups (broad SMARTS) is 1. The largest absolute Gasteiger partial charge is 0.476 e. The second kappa shape index (κ2) is 20.8. The quantitative estimate of drug-likeness (QED) is 0.0290. The van der Waals surface area contributed by atoms with Crippen molar-refractivity contribution in [1.29, 1.82) is 0 Å². The first kappa shape index (κ1) is 45.6. The van der Waals surface area contributed by atoms with Crippen LogP contribution in [0.2, 0.25) is 0 Å². The van der Waals surface area contributed by atoms with Crippen molar-refractivity contribution in [1.82, 2.24) is 4.98 Å². The minimum Gasteiger partial charge on any atom is -0.476 e. The van der Waals surface area contributed by atoms with Gasteiger partial charge in [-0.15, -0.1) is 11.3 Å². The molecule has 6 aromatic carbocycles. The second-order valence-electron chi connectivity index (χ2n) is 14.5. The van der Waals surface area contributed by atoms with Crippen LogP contribution in [-0.2, 0) is 39.1 Å². The number of aromatic nitrogens is 1. The maximum Gasteiger partial charge on any atom is 0.360 e. The molecule has 1 heterocycles. The van der Waals surface area contributed by atoms with Gasteiger partial charge >= 0.3 is 29.8 Å². The standard InChI is InChI=1S/C51H41N3O11S/c1-32(55)61-42-29-37(30-43(62-33(2)56)47(42)63-34(3)57)46(49(60)64-45(35-19-9-4-10-20-35)36-21-11-5-12-22-36)65-54-44(48(58)59)41-31-66-50(52-41)53-51(38-23-13-6-14-24-38,39-25-15-7-16-26-39)40-27-17-8-18-28-40/h4-31,45-46H,1-3H3,(H,52,53)(H,58,59). The maximum atomic E-state index is 14.6. The summed E-state index contributed by atoms with van der Waals surface area (Å²) in [6.45, 7) is 3.23. The van der Waals surface area contributed by atoms with E-state index < -0.39 is 70.6 Å². The van der Waals surface area contributed by atoms with Crippen LogP contribution in [-0.4, -0.2) is 45.6 Å². The second-order valence-corrected chi connectivity index (χ2v) is 15.4. The zero-order valence-electron chi connectivity index (χ0n) is 35.7. The van der Waals surface area contributed by atoms with Gasteiger partial charge in [-0.05, 0) is 39.9 Å². The van der Waals surface area contributed by atoms with E-state index >= 15 is 0 Å². The third-order valence-corrected chi connectivity index (χ3v) is 10.6. The van der Waals surface area contributed by atoms with Crippen LogP contribution >= 0.6 is 11.3 Å². The average molecular weight is 904 g/mol. The topological polar surface area (TPSA) is 189 Å². The third kappa shape index (κ3) is 10.7. The van der Waals surface area contributed by atoms with E-state index in [1.165, 1.54) is 5.38 Å². The molecule has 1 aromatic heterocycles. The predicted octanol–water partition coefficient (Wildman–Crippen LogP) is 9.20. The van der Waals surface area contributed by atoms with E-state index in [0.29, 0.717) is 16.3 Å². The summed E-state index contributed by atoms with van der Waals surface area (Å²) in [6, 6.07) is 49.1. The molecule has 1 atom stereocenters. The first-order chi connectivity index (χ1) is 31.9. The summed E-state index contributed by atoms with van der Waals surface area (Å²) >= 11 is 1.12. The Morgan fingerprint density at radius 2 is 1.03 bits per heavy atom. The molecule has 0 bridgehead atoms. The van der Waals surface area contributed by atoms with E-state index in [2.05, 4.69) is 15.5 Å². The Morgan fingerprint density at radius 3 is 1.44 bits per heavy atom. The van der Waals surface area contributed by atoms with Gasteiger partial charge in [0.2, 0.25) is 17.6 Å². The molecule has 0 aliphatic rings. The SMILES string of the molecule is CC(=O)Oc1cc(C(ON=C(C(=O)O)c2csc(NC(c3ccccc3)(c3ccccc3)c3ccccc3)n2)C(=O)OC(c2ccccc2)c2ccccc2)cc(OC(C)=O)c1OC(C)=O. The highest BCUT2D eigenvalue weighted by Gasteiger charge is 2.38. The maximum absolute atomic E-state index is 14.6. The molecule has 7 rings (SSSR count). The van der Waals surface area contributed by atoms with E-state index in [4.69, 9.17) is 23.8 Å². The van der Waals surface area contributed by atoms with E-state index in [-0.39, 0.29) is 11.3 Å². The number of carbonyl (C=O) groups is 5. The third-order valence-electron chi connectivity index (χ3n) is 9.87. The fourth-order valence-electron chi connectivity index (χ4n) is 7.14. The van der Waals surface area contributed by atoms with Crippen LogP contribution in [0.25, 0.3) is 0 Å². The van der Waals surface area contributed by atoms with Crippen molar-refractivity contribution in [2.75, 3.05) is 5.32 Å². The number of nitrogens with zero attached hydrogens (tertiary/aromatic N) is 2. The van der Waals surface area contributed by atoms with Crippen LogP contribution < -0.4 is 19.5 Å². The van der Waals surface area contributed by atoms with Crippen molar-refractivity contribution < 1.29 is 52.9 Å². The number of esters is 4. The molecule has 0 radical (unpaired) electrons. The lowest BCUT2D eigenvalue weighted by Gasteiger charge is -2.36. The molecule has 0 saturated carbocycles. The Hall–Kier alpha value is -8.43. The fraction of sp³-hybridized carbons (Fsp3) is 0.118. The molecule has 0 aliphatic carbocycles. The number of rotatable bonds is 17. The van der Waals surface area contributed by atoms with Gasteiger partial charge in [-0.1, -0.05) is 157 Å². The number of hydrogen-bond acceptors (Lipinski definition) is 14. The summed E-state index contributed by atoms with van der Waals surface area (Å²) < 4.78 is 22.2. The zero-order valence-corrected chi connectivity index (χ0v) is 36.5. The molecular weight excluding hydrogens is 863 g/mol. The molecule has 7 aromatic rings. The molecule has 0 fully saturated rings. The van der Waals surface area contributed by atoms with Crippen molar-refractivity contribution >= 4 is 52.0 Å². The zero-order chi connectivity index (χ0) is 46.6. The van der Waals surface area contributed by atoms with Gasteiger partial charge in [0.25, 0.3) is 0 Å². The number of ether oxygens (including phenoxy) is 4. The number of anilines is 1. The Labute approximate surface area is 383 Å². The van der Waals surface area contributed by atoms with Crippen molar-refractivity contribution in [3.8, 4) is 17.2 Å². The van der Waals surface area contributed by atoms with Crippen LogP contribution in [0.4, 0.5) is 5.13 Å². The molecular formula is C51H41N3O11S. The first-order valence-corrected chi connectivity index (χ1v) is 21.2. The summed E-state index contributed by atoms with van der Waals surface area (Å²) in [5.74, 6) is -6.56. The number of carboxylic acids is 1. The van der Waals surface area contributed by atoms with Gasteiger partial charge < -0.3 is 34.2 Å². The fourth-order valence-corrected chi connectivity index (χ4v) is 7.89. The van der Waals surface area contributed by atoms with Gasteiger partial charge in [0.05, 0.1) is 0 Å². The first-order valence-electron chi connectivity index (χ1n) is 20.3. The number of aliphatic carboxylic acids is 1. The summed E-state index contributed by atoms with van der Waals surface area (Å²) in [5, 5.41) is 20.0. The van der Waals surface area contributed by atoms with E-state index in [9.17, 15) is 29.1 Å². The number of benzene rings is 6. The minimum atomic E-state index is -1.94. The molecule has 14 nitrogen and oxygen atoms in total. The minimum absolute atomic E-state index is 0.122. The Balaban J connectivity index is 1.33. The summed E-state index contributed by atoms with van der Waals surface area (Å²) in [4.78, 5) is 75.2. The molecule has 0 saturated heterocycles. The Bertz CT molecular complexity index is 2680. The molecule has 15 heteroatoms. The van der Waals surface area contributed by atoms with Crippen LogP contribution in [0.15, 0.2) is 174 Å². The number of oxime groups is 1. The van der Waals surface area contributed by atoms with Crippen LogP contribution in [0.1, 0.15) is 72.1 Å². The van der Waals surface area contributed by atoms with Crippen LogP contribution in [0.5, 0.6) is 17.2 Å². The Morgan fingerprint density at radius 1 is 0.606 bits per heavy atom. The van der Waals surface area contributed by atoms with Crippen LogP contribution in [0.3, 0.4) is 0 Å². The molecule has 0 amide bonds. The van der Waals surface area contributed by atoms with Gasteiger partial charge in [0.1, 0.15) is 11.2 Å². The molecule has 66 heavy (non-hydrogen) atoms. The van der Waals surface area contributed by atoms with E-state index in [1.54, 1.807) is 60.7 Å². The van der Waals surface area contributed by atoms with Gasteiger partial charge in [-0.2, -0.15) is 0 Å². The molecule has 332 valence electrons. The van der Waals surface area contributed by atoms with Crippen molar-refractivity contribution in [3.63, 3.8) is 0 Å². The van der Waals surface area contributed by atoms with E-state index in [0.717, 1.165) is 60.9 Å². The van der Waals surface area contributed by atoms with Crippen molar-refractivity contribution in [2.24, 2.45) is 5.16 Å². The van der Waals surface area contributed by atoms with Gasteiger partial charge in [0.15, 0.2) is 22.7 Å². The highest BCUT2D eigenvalue weighted by Crippen LogP contribution is 2.43. The monoisotopic (exact) mass is 903 g/mol. The van der Waals surface area contributed by atoms with Gasteiger partial charge in [-0.25, -0.2) is 14.6 Å². The van der Waals surface area contributed by atoms with Crippen LogP contribution in [0, 0.1) is 0 Å². The van der Waals surface area contributed by atoms with Gasteiger partial charge in [-0.3, -0.25) is 14.4 Å². The predicted molar refractivity (Wildman–Crippen MR) is 244 cm³/mol. The number of thiazole rings is 1. The molecule has 2 N–H and O–H groups in total. The number of carbonyl (C=O) groups excluding carboxylic acids is 4. The number of nitrogens with one attached hydrogen (secondary N) is 1.